The summed E-state index contributed by atoms with van der Waals surface area (Å²) in [6, 6.07) is 12.9. The molecule has 4 nitrogen and oxygen atoms in total. The second-order valence-corrected chi connectivity index (χ2v) is 10.6. The van der Waals surface area contributed by atoms with E-state index in [0.717, 1.165) is 11.3 Å². The molecule has 4 heteroatoms. The molecule has 0 N–H and O–H groups in total. The van der Waals surface area contributed by atoms with Crippen molar-refractivity contribution in [3.63, 3.8) is 0 Å². The molecule has 0 radical (unpaired) electrons. The Balaban J connectivity index is 2.33. The average Bonchev–Trinajstić information content (AvgIpc) is 2.57. The zero-order chi connectivity index (χ0) is 23.4. The highest BCUT2D eigenvalue weighted by molar-refractivity contribution is 6.07. The third kappa shape index (κ3) is 8.87. The van der Waals surface area contributed by atoms with Crippen LogP contribution in [0.5, 0.6) is 17.2 Å². The van der Waals surface area contributed by atoms with Gasteiger partial charge in [-0.2, -0.15) is 0 Å². The molecule has 168 valence electrons. The smallest absolute Gasteiger partial charge is 0.185 e. The van der Waals surface area contributed by atoms with E-state index in [2.05, 4.69) is 0 Å². The molecule has 0 amide bonds. The lowest BCUT2D eigenvalue weighted by Gasteiger charge is -2.25. The van der Waals surface area contributed by atoms with Crippen molar-refractivity contribution in [2.45, 2.75) is 79.1 Å². The second-order valence-electron chi connectivity index (χ2n) is 10.6. The number of hydrogen-bond acceptors (Lipinski definition) is 4. The van der Waals surface area contributed by atoms with E-state index in [-0.39, 0.29) is 22.6 Å². The van der Waals surface area contributed by atoms with Crippen molar-refractivity contribution in [1.29, 1.82) is 0 Å². The van der Waals surface area contributed by atoms with Crippen molar-refractivity contribution in [3.05, 3.63) is 59.7 Å². The number of carbonyl (C=O) groups excluding carboxylic acids is 1. The van der Waals surface area contributed by atoms with Crippen molar-refractivity contribution in [2.24, 2.45) is 0 Å². The third-order valence-electron chi connectivity index (χ3n) is 3.78. The summed E-state index contributed by atoms with van der Waals surface area (Å²) in [6.45, 7) is 17.9. The number of benzene rings is 2. The fourth-order valence-electron chi connectivity index (χ4n) is 2.82. The van der Waals surface area contributed by atoms with Gasteiger partial charge in [0.2, 0.25) is 0 Å². The van der Waals surface area contributed by atoms with E-state index in [1.807, 2.05) is 92.6 Å². The highest BCUT2D eigenvalue weighted by Gasteiger charge is 2.17. The van der Waals surface area contributed by atoms with Gasteiger partial charge in [0.15, 0.2) is 5.78 Å². The Morgan fingerprint density at radius 2 is 1.26 bits per heavy atom. The molecule has 0 saturated carbocycles. The van der Waals surface area contributed by atoms with E-state index in [9.17, 15) is 4.79 Å². The Bertz CT molecular complexity index is 935. The van der Waals surface area contributed by atoms with Crippen molar-refractivity contribution >= 4 is 11.9 Å². The Kier molecular flexibility index (Phi) is 7.25. The van der Waals surface area contributed by atoms with E-state index in [0.29, 0.717) is 17.1 Å². The minimum atomic E-state index is -0.363. The third-order valence-corrected chi connectivity index (χ3v) is 3.78. The van der Waals surface area contributed by atoms with Crippen LogP contribution in [0.2, 0.25) is 0 Å². The average molecular weight is 425 g/mol. The first-order valence-electron chi connectivity index (χ1n) is 10.6. The fraction of sp³-hybridized carbons (Fsp3) is 0.444. The molecule has 0 spiro atoms. The summed E-state index contributed by atoms with van der Waals surface area (Å²) in [5, 5.41) is 0. The minimum absolute atomic E-state index is 0.108. The summed E-state index contributed by atoms with van der Waals surface area (Å²) in [4.78, 5) is 12.8. The predicted octanol–water partition coefficient (Wildman–Crippen LogP) is 7.11. The quantitative estimate of drug-likeness (QED) is 0.366. The van der Waals surface area contributed by atoms with Gasteiger partial charge >= 0.3 is 0 Å². The van der Waals surface area contributed by atoms with E-state index in [1.54, 1.807) is 24.3 Å². The summed E-state index contributed by atoms with van der Waals surface area (Å²) in [6.07, 6.45) is 3.33. The molecule has 0 aliphatic carbocycles. The largest absolute Gasteiger partial charge is 0.488 e. The molecular weight excluding hydrogens is 388 g/mol. The lowest BCUT2D eigenvalue weighted by molar-refractivity contribution is 0.104. The normalized spacial score (nSPS) is 12.7. The number of hydrogen-bond donors (Lipinski definition) is 0. The molecule has 0 atom stereocenters. The van der Waals surface area contributed by atoms with Crippen LogP contribution in [0.15, 0.2) is 48.5 Å². The molecule has 0 aliphatic rings. The van der Waals surface area contributed by atoms with Crippen LogP contribution in [0.25, 0.3) is 6.08 Å². The van der Waals surface area contributed by atoms with Gasteiger partial charge in [0.25, 0.3) is 0 Å². The number of carbonyl (C=O) groups is 1. The zero-order valence-corrected chi connectivity index (χ0v) is 20.3. The summed E-state index contributed by atoms with van der Waals surface area (Å²) in [5.41, 5.74) is 0.337. The van der Waals surface area contributed by atoms with Crippen LogP contribution in [0.4, 0.5) is 0 Å². The molecule has 0 saturated heterocycles. The van der Waals surface area contributed by atoms with Gasteiger partial charge in [-0.15, -0.1) is 0 Å². The predicted molar refractivity (Wildman–Crippen MR) is 127 cm³/mol. The monoisotopic (exact) mass is 424 g/mol. The van der Waals surface area contributed by atoms with Gasteiger partial charge in [0.1, 0.15) is 34.1 Å². The Hall–Kier alpha value is -2.75. The first-order valence-corrected chi connectivity index (χ1v) is 10.6. The molecule has 0 aromatic heterocycles. The molecule has 2 aromatic carbocycles. The Morgan fingerprint density at radius 3 is 1.81 bits per heavy atom. The van der Waals surface area contributed by atoms with Gasteiger partial charge in [0, 0.05) is 11.1 Å². The number of rotatable bonds is 6. The van der Waals surface area contributed by atoms with Crippen LogP contribution < -0.4 is 14.2 Å². The summed E-state index contributed by atoms with van der Waals surface area (Å²) in [5.74, 6) is 1.98. The van der Waals surface area contributed by atoms with Gasteiger partial charge in [-0.05, 0) is 105 Å². The number of allylic oxidation sites excluding steroid dienone is 1. The van der Waals surface area contributed by atoms with Crippen LogP contribution in [0, 0.1) is 0 Å². The van der Waals surface area contributed by atoms with E-state index in [1.165, 1.54) is 0 Å². The van der Waals surface area contributed by atoms with Crippen LogP contribution in [0.1, 0.15) is 78.2 Å². The molecule has 2 aromatic rings. The number of ketones is 1. The van der Waals surface area contributed by atoms with E-state index in [4.69, 9.17) is 14.2 Å². The van der Waals surface area contributed by atoms with Gasteiger partial charge in [-0.3, -0.25) is 4.79 Å². The van der Waals surface area contributed by atoms with Crippen molar-refractivity contribution < 1.29 is 19.0 Å². The summed E-state index contributed by atoms with van der Waals surface area (Å²) in [7, 11) is 0. The molecule has 2 rings (SSSR count). The maximum absolute atomic E-state index is 12.8. The highest BCUT2D eigenvalue weighted by Crippen LogP contribution is 2.30. The van der Waals surface area contributed by atoms with Gasteiger partial charge < -0.3 is 14.2 Å². The van der Waals surface area contributed by atoms with Crippen LogP contribution in [-0.4, -0.2) is 22.6 Å². The van der Waals surface area contributed by atoms with Gasteiger partial charge in [-0.25, -0.2) is 0 Å². The van der Waals surface area contributed by atoms with Crippen LogP contribution in [0.3, 0.4) is 0 Å². The maximum atomic E-state index is 12.8. The molecule has 0 bridgehead atoms. The van der Waals surface area contributed by atoms with Crippen LogP contribution >= 0.6 is 0 Å². The maximum Gasteiger partial charge on any atom is 0.185 e. The first-order chi connectivity index (χ1) is 14.1. The van der Waals surface area contributed by atoms with Crippen molar-refractivity contribution in [3.8, 4) is 17.2 Å². The summed E-state index contributed by atoms with van der Waals surface area (Å²) >= 11 is 0. The highest BCUT2D eigenvalue weighted by atomic mass is 16.5. The van der Waals surface area contributed by atoms with E-state index < -0.39 is 0 Å². The second kappa shape index (κ2) is 9.17. The topological polar surface area (TPSA) is 44.8 Å². The summed E-state index contributed by atoms with van der Waals surface area (Å²) < 4.78 is 18.0. The lowest BCUT2D eigenvalue weighted by Crippen LogP contribution is -2.24. The minimum Gasteiger partial charge on any atom is -0.488 e. The molecule has 0 heterocycles. The lowest BCUT2D eigenvalue weighted by atomic mass is 10.1. The first kappa shape index (κ1) is 24.5. The molecule has 0 unspecified atom stereocenters. The van der Waals surface area contributed by atoms with Gasteiger partial charge in [-0.1, -0.05) is 12.1 Å². The van der Waals surface area contributed by atoms with Crippen molar-refractivity contribution in [1.82, 2.24) is 0 Å². The fourth-order valence-corrected chi connectivity index (χ4v) is 2.82. The van der Waals surface area contributed by atoms with Gasteiger partial charge in [0.05, 0.1) is 0 Å². The zero-order valence-electron chi connectivity index (χ0n) is 20.3. The molecular formula is C27H36O4. The Labute approximate surface area is 187 Å². The Morgan fingerprint density at radius 1 is 0.710 bits per heavy atom. The standard InChI is InChI=1S/C27H36O4/c1-25(2,3)29-21-12-10-11-19(17-21)23(28)15-13-20-18-22(30-26(4,5)6)14-16-24(20)31-27(7,8)9/h10-18H,1-9H3. The van der Waals surface area contributed by atoms with Crippen LogP contribution in [-0.2, 0) is 0 Å². The van der Waals surface area contributed by atoms with E-state index >= 15 is 0 Å². The number of ether oxygens (including phenoxy) is 3. The molecule has 31 heavy (non-hydrogen) atoms. The molecule has 0 aliphatic heterocycles. The SMILES string of the molecule is CC(C)(C)Oc1cccc(C(=O)C=Cc2cc(OC(C)(C)C)ccc2OC(C)(C)C)c1. The molecule has 0 fully saturated rings. The van der Waals surface area contributed by atoms with Crippen molar-refractivity contribution in [2.75, 3.05) is 0 Å².